The maximum atomic E-state index is 15.7. The molecule has 4 aliphatic heterocycles. The van der Waals surface area contributed by atoms with Gasteiger partial charge in [-0.25, -0.2) is 9.59 Å². The standard InChI is InChI=1S/C36H30N8O14/c1-55-29-21-15-37-33(45)39-17-23-24(32(58-4)28(44(53)54)27(43(51)52)31(23)57-3)18-40-34(46)38(16-22(21)30(56-2)26(42(49)50)25(29)41(47)48)35(37,19-11-7-5-8-12-19)36(39,40)20-13-9-6-10-14-20/h5-14H,15-18H2,1-4H3. The lowest BCUT2D eigenvalue weighted by atomic mass is 9.79. The SMILES string of the molecule is COc1c2c(c(OC)c([N+](=O)[O-])c1[N+](=O)[O-])CN1C(=O)N3Cc4c(c(OC)c([N+](=O)[O-])c([N+](=O)[O-])c4OC)CN4C(=O)N(C2)C1(c1ccccc1)C43c1ccccc1. The van der Waals surface area contributed by atoms with E-state index in [0.29, 0.717) is 11.1 Å². The third-order valence-electron chi connectivity index (χ3n) is 11.3. The van der Waals surface area contributed by atoms with Crippen LogP contribution >= 0.6 is 0 Å². The van der Waals surface area contributed by atoms with Crippen molar-refractivity contribution in [1.82, 2.24) is 19.6 Å². The second-order valence-corrected chi connectivity index (χ2v) is 13.5. The molecule has 4 amide bonds. The summed E-state index contributed by atoms with van der Waals surface area (Å²) in [4.78, 5) is 83.0. The number of urea groups is 2. The molecule has 0 N–H and O–H groups in total. The van der Waals surface area contributed by atoms with Gasteiger partial charge in [0, 0.05) is 33.4 Å². The van der Waals surface area contributed by atoms with E-state index in [1.807, 2.05) is 0 Å². The first-order chi connectivity index (χ1) is 27.8. The summed E-state index contributed by atoms with van der Waals surface area (Å²) in [5, 5.41) is 50.4. The molecule has 2 fully saturated rings. The number of amides is 4. The number of carbonyl (C=O) groups is 2. The average Bonchev–Trinajstić information content (AvgIpc) is 3.36. The second kappa shape index (κ2) is 12.9. The molecule has 0 aliphatic carbocycles. The maximum absolute atomic E-state index is 15.7. The lowest BCUT2D eigenvalue weighted by molar-refractivity contribution is -0.423. The third-order valence-corrected chi connectivity index (χ3v) is 11.3. The molecule has 2 saturated heterocycles. The third kappa shape index (κ3) is 4.35. The summed E-state index contributed by atoms with van der Waals surface area (Å²) in [6, 6.07) is 15.2. The Morgan fingerprint density at radius 1 is 0.448 bits per heavy atom. The predicted octanol–water partition coefficient (Wildman–Crippen LogP) is 5.26. The van der Waals surface area contributed by atoms with Gasteiger partial charge in [-0.1, -0.05) is 60.7 Å². The van der Waals surface area contributed by atoms with Crippen LogP contribution in [0.3, 0.4) is 0 Å². The summed E-state index contributed by atoms with van der Waals surface area (Å²) in [5.74, 6) is -2.15. The fourth-order valence-corrected chi connectivity index (χ4v) is 9.39. The molecule has 22 heteroatoms. The van der Waals surface area contributed by atoms with Gasteiger partial charge in [0.15, 0.2) is 11.3 Å². The Bertz CT molecular complexity index is 2220. The van der Waals surface area contributed by atoms with Crippen molar-refractivity contribution in [2.24, 2.45) is 0 Å². The van der Waals surface area contributed by atoms with Gasteiger partial charge < -0.3 is 18.9 Å². The smallest absolute Gasteiger partial charge is 0.391 e. The number of hydrogen-bond donors (Lipinski definition) is 0. The van der Waals surface area contributed by atoms with Crippen molar-refractivity contribution in [3.8, 4) is 23.0 Å². The molecule has 298 valence electrons. The zero-order valence-corrected chi connectivity index (χ0v) is 30.9. The summed E-state index contributed by atoms with van der Waals surface area (Å²) in [5.41, 5.74) is -7.58. The monoisotopic (exact) mass is 798 g/mol. The van der Waals surface area contributed by atoms with E-state index in [4.69, 9.17) is 18.9 Å². The van der Waals surface area contributed by atoms with Gasteiger partial charge in [0.1, 0.15) is 0 Å². The van der Waals surface area contributed by atoms with Crippen LogP contribution in [-0.2, 0) is 37.5 Å². The van der Waals surface area contributed by atoms with Crippen LogP contribution in [-0.4, -0.2) is 79.8 Å². The van der Waals surface area contributed by atoms with Gasteiger partial charge >= 0.3 is 34.8 Å². The summed E-state index contributed by atoms with van der Waals surface area (Å²) >= 11 is 0. The summed E-state index contributed by atoms with van der Waals surface area (Å²) in [6.45, 7) is -2.18. The minimum atomic E-state index is -1.96. The fraction of sp³-hybridized carbons (Fsp3) is 0.278. The highest BCUT2D eigenvalue weighted by Gasteiger charge is 2.81. The first-order valence-corrected chi connectivity index (χ1v) is 17.3. The van der Waals surface area contributed by atoms with Crippen LogP contribution in [0, 0.1) is 40.5 Å². The van der Waals surface area contributed by atoms with E-state index in [0.717, 1.165) is 28.4 Å². The highest BCUT2D eigenvalue weighted by molar-refractivity contribution is 5.92. The van der Waals surface area contributed by atoms with Crippen molar-refractivity contribution in [3.63, 3.8) is 0 Å². The van der Waals surface area contributed by atoms with Gasteiger partial charge in [0.05, 0.1) is 74.3 Å². The lowest BCUT2D eigenvalue weighted by Crippen LogP contribution is -2.62. The predicted molar refractivity (Wildman–Crippen MR) is 195 cm³/mol. The number of fused-ring (bicyclic) bond motifs is 2. The van der Waals surface area contributed by atoms with Crippen molar-refractivity contribution in [2.75, 3.05) is 28.4 Å². The van der Waals surface area contributed by atoms with E-state index in [1.165, 1.54) is 19.6 Å². The lowest BCUT2D eigenvalue weighted by Gasteiger charge is -2.49. The molecule has 0 spiro atoms. The summed E-state index contributed by atoms with van der Waals surface area (Å²) < 4.78 is 22.2. The molecular formula is C36H30N8O14. The minimum Gasteiger partial charge on any atom is -0.490 e. The number of nitrogens with zero attached hydrogens (tertiary/aromatic N) is 8. The number of methoxy groups -OCH3 is 4. The molecule has 0 unspecified atom stereocenters. The number of benzene rings is 4. The summed E-state index contributed by atoms with van der Waals surface area (Å²) in [6.07, 6.45) is 0. The first kappa shape index (κ1) is 37.2. The van der Waals surface area contributed by atoms with Crippen molar-refractivity contribution < 1.29 is 48.2 Å². The van der Waals surface area contributed by atoms with E-state index in [-0.39, 0.29) is 22.3 Å². The molecule has 0 radical (unpaired) electrons. The van der Waals surface area contributed by atoms with Crippen LogP contribution in [0.1, 0.15) is 33.4 Å². The molecule has 0 saturated carbocycles. The molecule has 58 heavy (non-hydrogen) atoms. The Kier molecular flexibility index (Phi) is 8.26. The molecule has 0 atom stereocenters. The quantitative estimate of drug-likeness (QED) is 0.146. The highest BCUT2D eigenvalue weighted by atomic mass is 16.7. The van der Waals surface area contributed by atoms with Gasteiger partial charge in [0.25, 0.3) is 0 Å². The number of carbonyl (C=O) groups excluding carboxylic acids is 2. The van der Waals surface area contributed by atoms with Crippen LogP contribution in [0.15, 0.2) is 60.7 Å². The Labute approximate surface area is 325 Å². The molecule has 0 aromatic heterocycles. The van der Waals surface area contributed by atoms with Crippen LogP contribution in [0.2, 0.25) is 0 Å². The van der Waals surface area contributed by atoms with Gasteiger partial charge in [0.2, 0.25) is 23.0 Å². The number of nitro benzene ring substituents is 4. The van der Waals surface area contributed by atoms with E-state index < -0.39 is 115 Å². The summed E-state index contributed by atoms with van der Waals surface area (Å²) in [7, 11) is 4.33. The molecule has 4 heterocycles. The van der Waals surface area contributed by atoms with Crippen LogP contribution < -0.4 is 18.9 Å². The molecule has 8 rings (SSSR count). The van der Waals surface area contributed by atoms with Crippen LogP contribution in [0.25, 0.3) is 0 Å². The zero-order chi connectivity index (χ0) is 41.6. The highest BCUT2D eigenvalue weighted by Crippen LogP contribution is 2.67. The van der Waals surface area contributed by atoms with E-state index in [9.17, 15) is 40.5 Å². The molecule has 4 aliphatic rings. The topological polar surface area (TPSA) is 257 Å². The second-order valence-electron chi connectivity index (χ2n) is 13.5. The fourth-order valence-electron chi connectivity index (χ4n) is 9.39. The van der Waals surface area contributed by atoms with Crippen molar-refractivity contribution in [3.05, 3.63) is 135 Å². The molecule has 4 aromatic carbocycles. The zero-order valence-electron chi connectivity index (χ0n) is 30.9. The average molecular weight is 799 g/mol. The van der Waals surface area contributed by atoms with Gasteiger partial charge in [-0.05, 0) is 0 Å². The van der Waals surface area contributed by atoms with Gasteiger partial charge in [-0.15, -0.1) is 0 Å². The molecule has 22 nitrogen and oxygen atoms in total. The van der Waals surface area contributed by atoms with Crippen molar-refractivity contribution >= 4 is 34.8 Å². The largest absolute Gasteiger partial charge is 0.490 e. The Morgan fingerprint density at radius 2 is 0.672 bits per heavy atom. The van der Waals surface area contributed by atoms with Crippen LogP contribution in [0.4, 0.5) is 32.3 Å². The van der Waals surface area contributed by atoms with E-state index >= 15 is 9.59 Å². The normalized spacial score (nSPS) is 20.1. The maximum Gasteiger partial charge on any atom is 0.391 e. The molecular weight excluding hydrogens is 768 g/mol. The Hall–Kier alpha value is -7.78. The van der Waals surface area contributed by atoms with Crippen molar-refractivity contribution in [2.45, 2.75) is 37.5 Å². The van der Waals surface area contributed by atoms with Gasteiger partial charge in [-0.3, -0.25) is 60.1 Å². The van der Waals surface area contributed by atoms with Gasteiger partial charge in [-0.2, -0.15) is 0 Å². The Morgan fingerprint density at radius 3 is 0.862 bits per heavy atom. The number of ether oxygens (including phenoxy) is 4. The van der Waals surface area contributed by atoms with Crippen LogP contribution in [0.5, 0.6) is 23.0 Å². The number of hydrogen-bond acceptors (Lipinski definition) is 14. The molecule has 0 bridgehead atoms. The number of nitro groups is 4. The van der Waals surface area contributed by atoms with Crippen molar-refractivity contribution in [1.29, 1.82) is 0 Å². The minimum absolute atomic E-state index is 0.0548. The Balaban J connectivity index is 1.56. The number of rotatable bonds is 10. The van der Waals surface area contributed by atoms with E-state index in [1.54, 1.807) is 60.7 Å². The molecule has 4 aromatic rings. The first-order valence-electron chi connectivity index (χ1n) is 17.3. The van der Waals surface area contributed by atoms with E-state index in [2.05, 4.69) is 0 Å².